The zero-order valence-corrected chi connectivity index (χ0v) is 20.8. The molecule has 0 bridgehead atoms. The Bertz CT molecular complexity index is 1350. The van der Waals surface area contributed by atoms with E-state index in [-0.39, 0.29) is 22.8 Å². The molecule has 2 fully saturated rings. The Morgan fingerprint density at radius 3 is 2.47 bits per heavy atom. The summed E-state index contributed by atoms with van der Waals surface area (Å²) in [7, 11) is -3.50. The van der Waals surface area contributed by atoms with E-state index in [1.54, 1.807) is 36.4 Å². The van der Waals surface area contributed by atoms with Crippen molar-refractivity contribution in [2.24, 2.45) is 0 Å². The van der Waals surface area contributed by atoms with Gasteiger partial charge in [0, 0.05) is 48.8 Å². The van der Waals surface area contributed by atoms with Crippen molar-refractivity contribution in [2.75, 3.05) is 42.8 Å². The number of nitrogens with one attached hydrogen (secondary N) is 2. The fraction of sp³-hybridized carbons (Fsp3) is 0.360. The molecule has 2 N–H and O–H groups in total. The molecule has 1 aromatic heterocycles. The minimum Gasteiger partial charge on any atom is -0.380 e. The van der Waals surface area contributed by atoms with E-state index in [1.807, 2.05) is 17.0 Å². The molecule has 0 unspecified atom stereocenters. The summed E-state index contributed by atoms with van der Waals surface area (Å²) in [5.41, 5.74) is 1.79. The minimum absolute atomic E-state index is 0.161. The first-order valence-corrected chi connectivity index (χ1v) is 13.8. The fourth-order valence-electron chi connectivity index (χ4n) is 3.96. The lowest BCUT2D eigenvalue weighted by Crippen LogP contribution is -2.30. The van der Waals surface area contributed by atoms with E-state index in [2.05, 4.69) is 20.6 Å². The number of ether oxygens (including phenoxy) is 1. The molecule has 2 aliphatic rings. The Kier molecular flexibility index (Phi) is 6.84. The summed E-state index contributed by atoms with van der Waals surface area (Å²) >= 11 is 0. The summed E-state index contributed by atoms with van der Waals surface area (Å²) < 4.78 is 30.5. The van der Waals surface area contributed by atoms with Gasteiger partial charge in [-0.1, -0.05) is 12.1 Å². The van der Waals surface area contributed by atoms with Crippen molar-refractivity contribution in [3.63, 3.8) is 0 Å². The highest BCUT2D eigenvalue weighted by molar-refractivity contribution is 7.90. The summed E-state index contributed by atoms with van der Waals surface area (Å²) in [6, 6.07) is 14.0. The smallest absolute Gasteiger partial charge is 0.319 e. The second kappa shape index (κ2) is 10.2. The van der Waals surface area contributed by atoms with Crippen LogP contribution in [-0.2, 0) is 14.6 Å². The van der Waals surface area contributed by atoms with Crippen molar-refractivity contribution in [3.05, 3.63) is 48.5 Å². The number of anilines is 2. The number of amides is 2. The van der Waals surface area contributed by atoms with Crippen molar-refractivity contribution in [3.8, 4) is 22.8 Å². The Balaban J connectivity index is 1.52. The van der Waals surface area contributed by atoms with E-state index in [9.17, 15) is 13.2 Å². The summed E-state index contributed by atoms with van der Waals surface area (Å²) in [6.45, 7) is 2.56. The molecule has 1 saturated carbocycles. The van der Waals surface area contributed by atoms with Gasteiger partial charge in [0.2, 0.25) is 5.95 Å². The number of rotatable bonds is 6. The van der Waals surface area contributed by atoms with Crippen molar-refractivity contribution < 1.29 is 17.9 Å². The van der Waals surface area contributed by atoms with Crippen LogP contribution in [0.1, 0.15) is 19.3 Å². The average Bonchev–Trinajstić information content (AvgIpc) is 3.71. The normalized spacial score (nSPS) is 16.3. The van der Waals surface area contributed by atoms with Gasteiger partial charge in [0.25, 0.3) is 0 Å². The van der Waals surface area contributed by atoms with E-state index in [0.717, 1.165) is 31.4 Å². The Labute approximate surface area is 210 Å². The first-order chi connectivity index (χ1) is 17.4. The van der Waals surface area contributed by atoms with Gasteiger partial charge in [0.15, 0.2) is 21.5 Å². The third-order valence-electron chi connectivity index (χ3n) is 5.97. The van der Waals surface area contributed by atoms with Crippen LogP contribution in [0.4, 0.5) is 16.4 Å². The van der Waals surface area contributed by atoms with Gasteiger partial charge >= 0.3 is 6.03 Å². The van der Waals surface area contributed by atoms with Crippen LogP contribution in [0.5, 0.6) is 0 Å². The number of benzene rings is 2. The minimum atomic E-state index is -3.50. The molecule has 1 aliphatic heterocycles. The molecule has 0 spiro atoms. The molecule has 188 valence electrons. The zero-order chi connectivity index (χ0) is 25.1. The van der Waals surface area contributed by atoms with Crippen molar-refractivity contribution in [1.82, 2.24) is 20.3 Å². The van der Waals surface area contributed by atoms with Crippen LogP contribution in [0.15, 0.2) is 53.4 Å². The SMILES string of the molecule is CS(=O)(=O)c1ccccc1-c1nc(-c2ccc(NC(=O)NC3CC3)cc2)nc(N2CCCOCC2)n1. The largest absolute Gasteiger partial charge is 0.380 e. The van der Waals surface area contributed by atoms with Gasteiger partial charge < -0.3 is 20.3 Å². The molecular weight excluding hydrogens is 480 g/mol. The molecule has 2 aromatic carbocycles. The number of carbonyl (C=O) groups excluding carboxylic acids is 1. The molecular formula is C25H28N6O4S. The maximum absolute atomic E-state index is 12.5. The number of urea groups is 1. The molecule has 2 heterocycles. The van der Waals surface area contributed by atoms with Gasteiger partial charge in [-0.25, -0.2) is 18.2 Å². The second-order valence-corrected chi connectivity index (χ2v) is 10.9. The van der Waals surface area contributed by atoms with Crippen LogP contribution in [-0.4, -0.2) is 68.0 Å². The summed E-state index contributed by atoms with van der Waals surface area (Å²) in [5, 5.41) is 5.72. The highest BCUT2D eigenvalue weighted by Crippen LogP contribution is 2.29. The Morgan fingerprint density at radius 1 is 0.972 bits per heavy atom. The molecule has 1 saturated heterocycles. The maximum Gasteiger partial charge on any atom is 0.319 e. The van der Waals surface area contributed by atoms with E-state index in [4.69, 9.17) is 9.72 Å². The first-order valence-electron chi connectivity index (χ1n) is 11.9. The van der Waals surface area contributed by atoms with Crippen molar-refractivity contribution in [2.45, 2.75) is 30.2 Å². The van der Waals surface area contributed by atoms with E-state index in [0.29, 0.717) is 42.8 Å². The number of hydrogen-bond donors (Lipinski definition) is 2. The highest BCUT2D eigenvalue weighted by atomic mass is 32.2. The molecule has 5 rings (SSSR count). The van der Waals surface area contributed by atoms with Crippen LogP contribution in [0.25, 0.3) is 22.8 Å². The molecule has 10 nitrogen and oxygen atoms in total. The lowest BCUT2D eigenvalue weighted by Gasteiger charge is -2.21. The van der Waals surface area contributed by atoms with Crippen LogP contribution < -0.4 is 15.5 Å². The number of nitrogens with zero attached hydrogens (tertiary/aromatic N) is 4. The van der Waals surface area contributed by atoms with E-state index in [1.165, 1.54) is 6.26 Å². The standard InChI is InChI=1S/C25H28N6O4S/c1-36(33,34)21-6-3-2-5-20(21)23-28-22(29-24(30-23)31-13-4-15-35-16-14-31)17-7-9-18(10-8-17)26-25(32)27-19-11-12-19/h2-3,5-10,19H,4,11-16H2,1H3,(H2,26,27,32). The molecule has 11 heteroatoms. The van der Waals surface area contributed by atoms with Gasteiger partial charge in [-0.05, 0) is 55.7 Å². The van der Waals surface area contributed by atoms with Gasteiger partial charge in [-0.15, -0.1) is 0 Å². The van der Waals surface area contributed by atoms with Crippen molar-refractivity contribution in [1.29, 1.82) is 0 Å². The lowest BCUT2D eigenvalue weighted by molar-refractivity contribution is 0.152. The Hall–Kier alpha value is -3.57. The Morgan fingerprint density at radius 2 is 1.72 bits per heavy atom. The summed E-state index contributed by atoms with van der Waals surface area (Å²) in [5.74, 6) is 1.17. The van der Waals surface area contributed by atoms with Crippen LogP contribution >= 0.6 is 0 Å². The molecule has 1 aliphatic carbocycles. The molecule has 36 heavy (non-hydrogen) atoms. The second-order valence-electron chi connectivity index (χ2n) is 8.95. The molecule has 0 radical (unpaired) electrons. The number of carbonyl (C=O) groups is 1. The van der Waals surface area contributed by atoms with Crippen LogP contribution in [0, 0.1) is 0 Å². The van der Waals surface area contributed by atoms with Gasteiger partial charge in [-0.2, -0.15) is 9.97 Å². The van der Waals surface area contributed by atoms with Crippen molar-refractivity contribution >= 4 is 27.5 Å². The molecule has 0 atom stereocenters. The topological polar surface area (TPSA) is 126 Å². The molecule has 3 aromatic rings. The van der Waals surface area contributed by atoms with E-state index >= 15 is 0 Å². The average molecular weight is 509 g/mol. The summed E-state index contributed by atoms with van der Waals surface area (Å²) in [6.07, 6.45) is 4.04. The predicted octanol–water partition coefficient (Wildman–Crippen LogP) is 3.12. The molecule has 2 amide bonds. The van der Waals surface area contributed by atoms with Gasteiger partial charge in [0.05, 0.1) is 11.5 Å². The highest BCUT2D eigenvalue weighted by Gasteiger charge is 2.23. The van der Waals surface area contributed by atoms with Crippen LogP contribution in [0.3, 0.4) is 0 Å². The first kappa shape index (κ1) is 24.1. The zero-order valence-electron chi connectivity index (χ0n) is 20.0. The van der Waals surface area contributed by atoms with Gasteiger partial charge in [-0.3, -0.25) is 0 Å². The number of aromatic nitrogens is 3. The maximum atomic E-state index is 12.5. The van der Waals surface area contributed by atoms with E-state index < -0.39 is 9.84 Å². The number of hydrogen-bond acceptors (Lipinski definition) is 8. The number of sulfone groups is 1. The monoisotopic (exact) mass is 508 g/mol. The third kappa shape index (κ3) is 5.80. The third-order valence-corrected chi connectivity index (χ3v) is 7.12. The predicted molar refractivity (Wildman–Crippen MR) is 137 cm³/mol. The van der Waals surface area contributed by atoms with Crippen LogP contribution in [0.2, 0.25) is 0 Å². The fourth-order valence-corrected chi connectivity index (χ4v) is 4.84. The summed E-state index contributed by atoms with van der Waals surface area (Å²) in [4.78, 5) is 28.3. The quantitative estimate of drug-likeness (QED) is 0.520. The lowest BCUT2D eigenvalue weighted by atomic mass is 10.1. The van der Waals surface area contributed by atoms with Gasteiger partial charge in [0.1, 0.15) is 0 Å².